The van der Waals surface area contributed by atoms with Gasteiger partial charge in [-0.15, -0.1) is 10.2 Å². The molecule has 1 fully saturated rings. The Morgan fingerprint density at radius 3 is 2.61 bits per heavy atom. The largest absolute Gasteiger partial charge is 0.394 e. The summed E-state index contributed by atoms with van der Waals surface area (Å²) in [5, 5.41) is 50.3. The minimum atomic E-state index is -1.44. The van der Waals surface area contributed by atoms with Crippen LogP contribution in [0.2, 0.25) is 5.02 Å². The van der Waals surface area contributed by atoms with Crippen LogP contribution in [0.15, 0.2) is 36.4 Å². The highest BCUT2D eigenvalue weighted by Crippen LogP contribution is 2.35. The van der Waals surface area contributed by atoms with Crippen LogP contribution in [0.1, 0.15) is 27.9 Å². The molecule has 3 aromatic rings. The maximum absolute atomic E-state index is 10.4. The maximum atomic E-state index is 10.4. The molecule has 1 aliphatic heterocycles. The summed E-state index contributed by atoms with van der Waals surface area (Å²) in [6.07, 6.45) is -5.69. The summed E-state index contributed by atoms with van der Waals surface area (Å²) in [7, 11) is 0. The number of benzene rings is 1. The van der Waals surface area contributed by atoms with E-state index in [9.17, 15) is 20.4 Å². The van der Waals surface area contributed by atoms with Crippen LogP contribution >= 0.6 is 22.9 Å². The zero-order chi connectivity index (χ0) is 22.1. The third-order valence-corrected chi connectivity index (χ3v) is 6.52. The lowest BCUT2D eigenvalue weighted by Crippen LogP contribution is -2.55. The van der Waals surface area contributed by atoms with Crippen molar-refractivity contribution in [1.29, 1.82) is 0 Å². The van der Waals surface area contributed by atoms with Crippen LogP contribution in [-0.2, 0) is 11.2 Å². The highest BCUT2D eigenvalue weighted by molar-refractivity contribution is 7.14. The van der Waals surface area contributed by atoms with Gasteiger partial charge in [0.2, 0.25) is 0 Å². The molecule has 0 amide bonds. The first-order chi connectivity index (χ1) is 14.9. The van der Waals surface area contributed by atoms with E-state index in [4.69, 9.17) is 16.3 Å². The van der Waals surface area contributed by atoms with E-state index in [1.165, 1.54) is 11.3 Å². The highest BCUT2D eigenvalue weighted by Gasteiger charge is 2.44. The fourth-order valence-corrected chi connectivity index (χ4v) is 4.55. The molecular formula is C21H22ClN3O5S. The number of ether oxygens (including phenoxy) is 1. The number of halogens is 1. The van der Waals surface area contributed by atoms with E-state index >= 15 is 0 Å². The lowest BCUT2D eigenvalue weighted by molar-refractivity contribution is -0.231. The van der Waals surface area contributed by atoms with Crippen molar-refractivity contribution in [3.05, 3.63) is 63.2 Å². The number of hydrogen-bond acceptors (Lipinski definition) is 9. The predicted octanol–water partition coefficient (Wildman–Crippen LogP) is 1.67. The molecule has 1 aliphatic rings. The molecule has 0 bridgehead atoms. The number of pyridine rings is 1. The van der Waals surface area contributed by atoms with Gasteiger partial charge in [0.05, 0.1) is 6.61 Å². The van der Waals surface area contributed by atoms with Gasteiger partial charge >= 0.3 is 0 Å². The van der Waals surface area contributed by atoms with Gasteiger partial charge in [0.15, 0.2) is 5.01 Å². The molecule has 164 valence electrons. The van der Waals surface area contributed by atoms with Gasteiger partial charge in [0.1, 0.15) is 41.2 Å². The average molecular weight is 464 g/mol. The summed E-state index contributed by atoms with van der Waals surface area (Å²) in [5.41, 5.74) is 2.96. The Balaban J connectivity index is 1.58. The lowest BCUT2D eigenvalue weighted by Gasteiger charge is -2.40. The van der Waals surface area contributed by atoms with Gasteiger partial charge in [0, 0.05) is 17.1 Å². The molecule has 4 N–H and O–H groups in total. The van der Waals surface area contributed by atoms with Gasteiger partial charge < -0.3 is 25.2 Å². The minimum absolute atomic E-state index is 0.410. The molecule has 1 saturated heterocycles. The van der Waals surface area contributed by atoms with Crippen molar-refractivity contribution in [3.8, 4) is 10.7 Å². The second kappa shape index (κ2) is 9.25. The number of aryl methyl sites for hydroxylation is 1. The summed E-state index contributed by atoms with van der Waals surface area (Å²) in [5.74, 6) is 0. The second-order valence-corrected chi connectivity index (χ2v) is 8.91. The van der Waals surface area contributed by atoms with Crippen molar-refractivity contribution in [1.82, 2.24) is 15.2 Å². The predicted molar refractivity (Wildman–Crippen MR) is 115 cm³/mol. The quantitative estimate of drug-likeness (QED) is 0.449. The van der Waals surface area contributed by atoms with E-state index in [1.807, 2.05) is 25.1 Å². The van der Waals surface area contributed by atoms with E-state index in [2.05, 4.69) is 15.2 Å². The van der Waals surface area contributed by atoms with Crippen LogP contribution in [-0.4, -0.2) is 66.6 Å². The zero-order valence-electron chi connectivity index (χ0n) is 16.6. The molecule has 0 spiro atoms. The lowest BCUT2D eigenvalue weighted by atomic mass is 9.90. The first-order valence-electron chi connectivity index (χ1n) is 9.72. The SMILES string of the molecule is Cc1cccc(-c2nnc(Cc3cc([C@@H]4O[C@H](CO)[C@@H](O)[C@H](O)[C@H]4O)ccc3Cl)s2)n1. The molecule has 8 nitrogen and oxygen atoms in total. The standard InChI is InChI=1S/C21H22ClN3O5S/c1-10-3-2-4-14(23-10)21-25-24-16(31-21)8-12-7-11(5-6-13(12)22)20-19(29)18(28)17(27)15(9-26)30-20/h2-7,15,17-20,26-29H,8-9H2,1H3/t15-,17-,18+,19-,20+/m1/s1. The second-order valence-electron chi connectivity index (χ2n) is 7.44. The molecule has 3 heterocycles. The van der Waals surface area contributed by atoms with Crippen LogP contribution in [0, 0.1) is 6.92 Å². The number of nitrogens with zero attached hydrogens (tertiary/aromatic N) is 3. The number of aromatic nitrogens is 3. The number of aliphatic hydroxyl groups excluding tert-OH is 4. The molecule has 31 heavy (non-hydrogen) atoms. The molecule has 2 aromatic heterocycles. The molecular weight excluding hydrogens is 442 g/mol. The molecule has 0 aliphatic carbocycles. The summed E-state index contributed by atoms with van der Waals surface area (Å²) < 4.78 is 5.65. The van der Waals surface area contributed by atoms with Crippen LogP contribution in [0.4, 0.5) is 0 Å². The van der Waals surface area contributed by atoms with Gasteiger partial charge in [-0.1, -0.05) is 41.1 Å². The van der Waals surface area contributed by atoms with Gasteiger partial charge in [-0.3, -0.25) is 4.98 Å². The van der Waals surface area contributed by atoms with Crippen molar-refractivity contribution in [2.75, 3.05) is 6.61 Å². The zero-order valence-corrected chi connectivity index (χ0v) is 18.2. The average Bonchev–Trinajstić information content (AvgIpc) is 3.23. The Hall–Kier alpha value is -1.98. The molecule has 0 unspecified atom stereocenters. The Morgan fingerprint density at radius 2 is 1.87 bits per heavy atom. The van der Waals surface area contributed by atoms with E-state index in [1.54, 1.807) is 18.2 Å². The monoisotopic (exact) mass is 463 g/mol. The van der Waals surface area contributed by atoms with Crippen LogP contribution in [0.3, 0.4) is 0 Å². The van der Waals surface area contributed by atoms with E-state index in [0.717, 1.165) is 22.0 Å². The Kier molecular flexibility index (Phi) is 6.63. The maximum Gasteiger partial charge on any atom is 0.166 e. The Labute approximate surface area is 187 Å². The third kappa shape index (κ3) is 4.63. The van der Waals surface area contributed by atoms with E-state index in [0.29, 0.717) is 22.0 Å². The van der Waals surface area contributed by atoms with Gasteiger partial charge in [0.25, 0.3) is 0 Å². The normalized spacial score (nSPS) is 26.2. The summed E-state index contributed by atoms with van der Waals surface area (Å²) >= 11 is 7.80. The van der Waals surface area contributed by atoms with Gasteiger partial charge in [-0.05, 0) is 36.2 Å². The number of hydrogen-bond donors (Lipinski definition) is 4. The van der Waals surface area contributed by atoms with Crippen molar-refractivity contribution in [2.24, 2.45) is 0 Å². The van der Waals surface area contributed by atoms with Crippen LogP contribution in [0.5, 0.6) is 0 Å². The van der Waals surface area contributed by atoms with Crippen molar-refractivity contribution in [3.63, 3.8) is 0 Å². The number of rotatable bonds is 5. The molecule has 10 heteroatoms. The topological polar surface area (TPSA) is 129 Å². The van der Waals surface area contributed by atoms with Crippen LogP contribution in [0.25, 0.3) is 10.7 Å². The smallest absolute Gasteiger partial charge is 0.166 e. The van der Waals surface area contributed by atoms with Crippen molar-refractivity contribution in [2.45, 2.75) is 43.9 Å². The minimum Gasteiger partial charge on any atom is -0.394 e. The molecule has 0 saturated carbocycles. The summed E-state index contributed by atoms with van der Waals surface area (Å²) in [6.45, 7) is 1.43. The fraction of sp³-hybridized carbons (Fsp3) is 0.381. The van der Waals surface area contributed by atoms with Crippen LogP contribution < -0.4 is 0 Å². The molecule has 0 radical (unpaired) electrons. The Morgan fingerprint density at radius 1 is 1.06 bits per heavy atom. The summed E-state index contributed by atoms with van der Waals surface area (Å²) in [4.78, 5) is 4.47. The van der Waals surface area contributed by atoms with Crippen molar-refractivity contribution < 1.29 is 25.2 Å². The highest BCUT2D eigenvalue weighted by atomic mass is 35.5. The Bertz CT molecular complexity index is 1060. The van der Waals surface area contributed by atoms with Gasteiger partial charge in [-0.2, -0.15) is 0 Å². The first kappa shape index (κ1) is 22.2. The first-order valence-corrected chi connectivity index (χ1v) is 10.9. The molecule has 4 rings (SSSR count). The number of aliphatic hydroxyl groups is 4. The summed E-state index contributed by atoms with van der Waals surface area (Å²) in [6, 6.07) is 10.8. The molecule has 1 aromatic carbocycles. The molecule has 5 atom stereocenters. The van der Waals surface area contributed by atoms with Crippen molar-refractivity contribution >= 4 is 22.9 Å². The van der Waals surface area contributed by atoms with E-state index in [-0.39, 0.29) is 0 Å². The fourth-order valence-electron chi connectivity index (χ4n) is 3.54. The third-order valence-electron chi connectivity index (χ3n) is 5.21. The van der Waals surface area contributed by atoms with Gasteiger partial charge in [-0.25, -0.2) is 0 Å². The van der Waals surface area contributed by atoms with E-state index < -0.39 is 37.1 Å².